The Hall–Kier alpha value is -0.850. The molecule has 4 aliphatic heterocycles. The predicted octanol–water partition coefficient (Wildman–Crippen LogP) is 1.42. The van der Waals surface area contributed by atoms with Crippen LogP contribution in [0.2, 0.25) is 0 Å². The first-order chi connectivity index (χ1) is 12.7. The molecule has 0 radical (unpaired) electrons. The number of guanidine groups is 1. The van der Waals surface area contributed by atoms with E-state index in [0.29, 0.717) is 18.2 Å². The van der Waals surface area contributed by atoms with Crippen LogP contribution in [0.3, 0.4) is 0 Å². The van der Waals surface area contributed by atoms with Gasteiger partial charge in [0.2, 0.25) is 0 Å². The zero-order valence-corrected chi connectivity index (χ0v) is 16.7. The lowest BCUT2D eigenvalue weighted by atomic mass is 9.84. The Morgan fingerprint density at radius 3 is 2.50 bits per heavy atom. The second kappa shape index (κ2) is 8.03. The molecule has 0 aromatic heterocycles. The SMILES string of the molecule is CN=C(NCC1(N2CCCCC2)CCN(C)CC1)NC1CC2CCC1O2. The molecule has 2 bridgehead atoms. The number of ether oxygens (including phenoxy) is 1. The summed E-state index contributed by atoms with van der Waals surface area (Å²) in [6.07, 6.45) is 11.0. The Balaban J connectivity index is 1.37. The van der Waals surface area contributed by atoms with E-state index in [1.807, 2.05) is 7.05 Å². The average Bonchev–Trinajstić information content (AvgIpc) is 3.30. The summed E-state index contributed by atoms with van der Waals surface area (Å²) in [5.74, 6) is 0.960. The standard InChI is InChI=1S/C20H37N5O/c1-21-19(23-17-14-16-6-7-18(17)26-16)22-15-20(8-12-24(2)13-9-20)25-10-4-3-5-11-25/h16-18H,3-15H2,1-2H3,(H2,21,22,23). The predicted molar refractivity (Wildman–Crippen MR) is 106 cm³/mol. The highest BCUT2D eigenvalue weighted by molar-refractivity contribution is 5.80. The van der Waals surface area contributed by atoms with Crippen LogP contribution in [0.25, 0.3) is 0 Å². The monoisotopic (exact) mass is 363 g/mol. The van der Waals surface area contributed by atoms with Crippen LogP contribution in [0.15, 0.2) is 4.99 Å². The summed E-state index contributed by atoms with van der Waals surface area (Å²) in [5.41, 5.74) is 0.287. The van der Waals surface area contributed by atoms with Crippen molar-refractivity contribution in [2.75, 3.05) is 46.8 Å². The Labute approximate surface area is 158 Å². The lowest BCUT2D eigenvalue weighted by molar-refractivity contribution is 0.0172. The molecule has 0 amide bonds. The van der Waals surface area contributed by atoms with Crippen molar-refractivity contribution in [3.63, 3.8) is 0 Å². The molecule has 6 heteroatoms. The molecule has 4 heterocycles. The highest BCUT2D eigenvalue weighted by atomic mass is 16.5. The van der Waals surface area contributed by atoms with E-state index in [0.717, 1.165) is 18.9 Å². The maximum Gasteiger partial charge on any atom is 0.191 e. The van der Waals surface area contributed by atoms with Crippen LogP contribution in [0, 0.1) is 0 Å². The molecule has 0 spiro atoms. The first-order valence-corrected chi connectivity index (χ1v) is 10.7. The third kappa shape index (κ3) is 3.87. The van der Waals surface area contributed by atoms with Crippen LogP contribution in [-0.4, -0.2) is 86.4 Å². The minimum absolute atomic E-state index is 0.287. The molecule has 0 aliphatic carbocycles. The van der Waals surface area contributed by atoms with Gasteiger partial charge in [0, 0.05) is 19.1 Å². The number of hydrogen-bond donors (Lipinski definition) is 2. The highest BCUT2D eigenvalue weighted by Crippen LogP contribution is 2.34. The van der Waals surface area contributed by atoms with Crippen LogP contribution in [0.4, 0.5) is 0 Å². The Kier molecular flexibility index (Phi) is 5.72. The van der Waals surface area contributed by atoms with Crippen molar-refractivity contribution in [1.29, 1.82) is 0 Å². The van der Waals surface area contributed by atoms with E-state index < -0.39 is 0 Å². The van der Waals surface area contributed by atoms with Gasteiger partial charge in [-0.15, -0.1) is 0 Å². The molecule has 4 fully saturated rings. The molecule has 3 unspecified atom stereocenters. The Bertz CT molecular complexity index is 496. The number of nitrogens with one attached hydrogen (secondary N) is 2. The van der Waals surface area contributed by atoms with Crippen LogP contribution in [-0.2, 0) is 4.74 Å². The van der Waals surface area contributed by atoms with Crippen LogP contribution >= 0.6 is 0 Å². The van der Waals surface area contributed by atoms with Gasteiger partial charge >= 0.3 is 0 Å². The fourth-order valence-electron chi connectivity index (χ4n) is 5.42. The van der Waals surface area contributed by atoms with Crippen molar-refractivity contribution in [3.05, 3.63) is 0 Å². The van der Waals surface area contributed by atoms with Gasteiger partial charge in [0.25, 0.3) is 0 Å². The maximum atomic E-state index is 5.99. The minimum Gasteiger partial charge on any atom is -0.373 e. The van der Waals surface area contributed by atoms with Gasteiger partial charge in [-0.3, -0.25) is 9.89 Å². The van der Waals surface area contributed by atoms with Crippen molar-refractivity contribution in [2.45, 2.75) is 75.2 Å². The topological polar surface area (TPSA) is 52.1 Å². The van der Waals surface area contributed by atoms with Crippen molar-refractivity contribution in [3.8, 4) is 0 Å². The summed E-state index contributed by atoms with van der Waals surface area (Å²) in [7, 11) is 4.15. The summed E-state index contributed by atoms with van der Waals surface area (Å²) in [6, 6.07) is 0.434. The van der Waals surface area contributed by atoms with E-state index >= 15 is 0 Å². The van der Waals surface area contributed by atoms with E-state index in [4.69, 9.17) is 4.74 Å². The van der Waals surface area contributed by atoms with Gasteiger partial charge < -0.3 is 20.3 Å². The summed E-state index contributed by atoms with van der Waals surface area (Å²) < 4.78 is 5.99. The molecule has 4 rings (SSSR count). The van der Waals surface area contributed by atoms with Crippen LogP contribution in [0.1, 0.15) is 51.4 Å². The summed E-state index contributed by atoms with van der Waals surface area (Å²) in [4.78, 5) is 9.78. The lowest BCUT2D eigenvalue weighted by Gasteiger charge is -2.50. The van der Waals surface area contributed by atoms with Gasteiger partial charge in [-0.1, -0.05) is 6.42 Å². The number of rotatable bonds is 4. The van der Waals surface area contributed by atoms with E-state index in [-0.39, 0.29) is 5.54 Å². The second-order valence-corrected chi connectivity index (χ2v) is 8.86. The van der Waals surface area contributed by atoms with Crippen molar-refractivity contribution in [2.24, 2.45) is 4.99 Å². The quantitative estimate of drug-likeness (QED) is 0.584. The molecule has 0 aromatic carbocycles. The number of hydrogen-bond acceptors (Lipinski definition) is 4. The molecular weight excluding hydrogens is 326 g/mol. The van der Waals surface area contributed by atoms with Gasteiger partial charge in [0.05, 0.1) is 18.2 Å². The molecule has 2 N–H and O–H groups in total. The van der Waals surface area contributed by atoms with Crippen molar-refractivity contribution in [1.82, 2.24) is 20.4 Å². The first-order valence-electron chi connectivity index (χ1n) is 10.7. The largest absolute Gasteiger partial charge is 0.373 e. The van der Waals surface area contributed by atoms with Gasteiger partial charge in [-0.2, -0.15) is 0 Å². The second-order valence-electron chi connectivity index (χ2n) is 8.86. The first kappa shape index (κ1) is 18.5. The Morgan fingerprint density at radius 2 is 1.88 bits per heavy atom. The zero-order chi connectivity index (χ0) is 18.0. The fourth-order valence-corrected chi connectivity index (χ4v) is 5.42. The summed E-state index contributed by atoms with van der Waals surface area (Å²) >= 11 is 0. The molecule has 4 saturated heterocycles. The number of aliphatic imine (C=N–C) groups is 1. The molecule has 6 nitrogen and oxygen atoms in total. The third-order valence-electron chi connectivity index (χ3n) is 7.18. The number of fused-ring (bicyclic) bond motifs is 2. The molecular formula is C20H37N5O. The van der Waals surface area contributed by atoms with Gasteiger partial charge in [-0.05, 0) is 78.2 Å². The molecule has 0 aromatic rings. The van der Waals surface area contributed by atoms with E-state index in [9.17, 15) is 0 Å². The molecule has 3 atom stereocenters. The maximum absolute atomic E-state index is 5.99. The lowest BCUT2D eigenvalue weighted by Crippen LogP contribution is -2.62. The average molecular weight is 364 g/mol. The fraction of sp³-hybridized carbons (Fsp3) is 0.950. The van der Waals surface area contributed by atoms with E-state index in [2.05, 4.69) is 32.5 Å². The molecule has 26 heavy (non-hydrogen) atoms. The molecule has 4 aliphatic rings. The van der Waals surface area contributed by atoms with Crippen molar-refractivity contribution >= 4 is 5.96 Å². The third-order valence-corrected chi connectivity index (χ3v) is 7.18. The smallest absolute Gasteiger partial charge is 0.191 e. The number of nitrogens with zero attached hydrogens (tertiary/aromatic N) is 3. The summed E-state index contributed by atoms with van der Waals surface area (Å²) in [5, 5.41) is 7.35. The Morgan fingerprint density at radius 1 is 1.12 bits per heavy atom. The highest BCUT2D eigenvalue weighted by Gasteiger charge is 2.42. The van der Waals surface area contributed by atoms with E-state index in [1.54, 1.807) is 0 Å². The zero-order valence-electron chi connectivity index (χ0n) is 16.7. The van der Waals surface area contributed by atoms with Gasteiger partial charge in [-0.25, -0.2) is 0 Å². The normalized spacial score (nSPS) is 35.6. The molecule has 0 saturated carbocycles. The van der Waals surface area contributed by atoms with Crippen LogP contribution in [0.5, 0.6) is 0 Å². The van der Waals surface area contributed by atoms with Crippen LogP contribution < -0.4 is 10.6 Å². The van der Waals surface area contributed by atoms with Gasteiger partial charge in [0.15, 0.2) is 5.96 Å². The minimum atomic E-state index is 0.287. The van der Waals surface area contributed by atoms with E-state index in [1.165, 1.54) is 71.1 Å². The van der Waals surface area contributed by atoms with Gasteiger partial charge in [0.1, 0.15) is 0 Å². The summed E-state index contributed by atoms with van der Waals surface area (Å²) in [6.45, 7) is 5.92. The molecule has 148 valence electrons. The number of piperidine rings is 2. The number of likely N-dealkylation sites (tertiary alicyclic amines) is 2. The van der Waals surface area contributed by atoms with Crippen molar-refractivity contribution < 1.29 is 4.74 Å².